The van der Waals surface area contributed by atoms with Gasteiger partial charge in [0.2, 0.25) is 5.60 Å². The number of carbonyl (C=O) groups is 1. The van der Waals surface area contributed by atoms with Crippen molar-refractivity contribution in [2.45, 2.75) is 19.4 Å². The second-order valence-electron chi connectivity index (χ2n) is 2.95. The quantitative estimate of drug-likeness (QED) is 0.745. The lowest BCUT2D eigenvalue weighted by Gasteiger charge is -2.19. The number of aliphatic carboxylic acids is 1. The number of nitrogens with zero attached hydrogens (tertiary/aromatic N) is 2. The number of carboxylic acid groups (broad SMARTS) is 1. The van der Waals surface area contributed by atoms with Crippen molar-refractivity contribution in [1.82, 2.24) is 9.97 Å². The summed E-state index contributed by atoms with van der Waals surface area (Å²) in [5.74, 6) is -1.06. The van der Waals surface area contributed by atoms with E-state index in [1.54, 1.807) is 6.07 Å². The number of aromatic nitrogens is 2. The van der Waals surface area contributed by atoms with Crippen molar-refractivity contribution >= 4 is 5.97 Å². The number of hydrogen-bond acceptors (Lipinski definition) is 4. The third kappa shape index (κ3) is 2.40. The summed E-state index contributed by atoms with van der Waals surface area (Å²) in [4.78, 5) is 18.1. The molecule has 0 bridgehead atoms. The highest BCUT2D eigenvalue weighted by atomic mass is 16.5. The van der Waals surface area contributed by atoms with Crippen molar-refractivity contribution in [1.29, 1.82) is 0 Å². The molecule has 1 rings (SSSR count). The fraction of sp³-hybridized carbons (Fsp3) is 0.375. The van der Waals surface area contributed by atoms with E-state index in [9.17, 15) is 4.79 Å². The third-order valence-electron chi connectivity index (χ3n) is 1.40. The maximum absolute atomic E-state index is 10.6. The van der Waals surface area contributed by atoms with Crippen LogP contribution in [0.3, 0.4) is 0 Å². The highest BCUT2D eigenvalue weighted by Gasteiger charge is 2.30. The van der Waals surface area contributed by atoms with Gasteiger partial charge in [0, 0.05) is 12.4 Å². The Balaban J connectivity index is 2.75. The van der Waals surface area contributed by atoms with Crippen molar-refractivity contribution in [2.75, 3.05) is 0 Å². The Bertz CT molecular complexity index is 298. The van der Waals surface area contributed by atoms with Crippen molar-refractivity contribution < 1.29 is 14.6 Å². The van der Waals surface area contributed by atoms with Crippen LogP contribution in [-0.4, -0.2) is 26.6 Å². The summed E-state index contributed by atoms with van der Waals surface area (Å²) in [5.41, 5.74) is -1.30. The first kappa shape index (κ1) is 9.44. The van der Waals surface area contributed by atoms with Crippen LogP contribution in [0, 0.1) is 0 Å². The largest absolute Gasteiger partial charge is 0.478 e. The third-order valence-corrected chi connectivity index (χ3v) is 1.40. The monoisotopic (exact) mass is 182 g/mol. The molecule has 0 aliphatic rings. The van der Waals surface area contributed by atoms with Crippen LogP contribution in [0.4, 0.5) is 0 Å². The molecule has 0 saturated heterocycles. The predicted octanol–water partition coefficient (Wildman–Crippen LogP) is 0.719. The fourth-order valence-corrected chi connectivity index (χ4v) is 0.610. The minimum absolute atomic E-state index is 0.0647. The lowest BCUT2D eigenvalue weighted by molar-refractivity contribution is -0.152. The topological polar surface area (TPSA) is 72.3 Å². The Kier molecular flexibility index (Phi) is 2.46. The van der Waals surface area contributed by atoms with Crippen LogP contribution in [0.15, 0.2) is 18.5 Å². The molecule has 5 nitrogen and oxygen atoms in total. The molecule has 0 aliphatic carbocycles. The first-order valence-corrected chi connectivity index (χ1v) is 3.72. The summed E-state index contributed by atoms with van der Waals surface area (Å²) in [6.45, 7) is 2.87. The molecule has 0 atom stereocenters. The molecule has 0 saturated carbocycles. The number of hydrogen-bond donors (Lipinski definition) is 1. The van der Waals surface area contributed by atoms with E-state index in [2.05, 4.69) is 9.97 Å². The summed E-state index contributed by atoms with van der Waals surface area (Å²) in [7, 11) is 0. The molecule has 0 unspecified atom stereocenters. The summed E-state index contributed by atoms with van der Waals surface area (Å²) in [6.07, 6.45) is 2.97. The van der Waals surface area contributed by atoms with Crippen LogP contribution in [0.25, 0.3) is 0 Å². The summed E-state index contributed by atoms with van der Waals surface area (Å²) >= 11 is 0. The van der Waals surface area contributed by atoms with E-state index in [0.29, 0.717) is 0 Å². The van der Waals surface area contributed by atoms with Gasteiger partial charge in [-0.25, -0.2) is 14.8 Å². The first-order valence-electron chi connectivity index (χ1n) is 3.72. The van der Waals surface area contributed by atoms with Crippen LogP contribution in [0.1, 0.15) is 13.8 Å². The van der Waals surface area contributed by atoms with Gasteiger partial charge < -0.3 is 9.84 Å². The molecule has 0 spiro atoms. The van der Waals surface area contributed by atoms with E-state index in [1.807, 2.05) is 0 Å². The zero-order valence-corrected chi connectivity index (χ0v) is 7.39. The van der Waals surface area contributed by atoms with Crippen molar-refractivity contribution in [3.63, 3.8) is 0 Å². The van der Waals surface area contributed by atoms with Gasteiger partial charge in [-0.3, -0.25) is 0 Å². The van der Waals surface area contributed by atoms with Crippen LogP contribution in [0.5, 0.6) is 6.01 Å². The molecule has 0 fully saturated rings. The van der Waals surface area contributed by atoms with Gasteiger partial charge in [-0.1, -0.05) is 0 Å². The molecule has 1 heterocycles. The predicted molar refractivity (Wildman–Crippen MR) is 44.4 cm³/mol. The van der Waals surface area contributed by atoms with E-state index < -0.39 is 11.6 Å². The fourth-order valence-electron chi connectivity index (χ4n) is 0.610. The van der Waals surface area contributed by atoms with Crippen LogP contribution in [0.2, 0.25) is 0 Å². The Morgan fingerprint density at radius 2 is 2.00 bits per heavy atom. The van der Waals surface area contributed by atoms with Gasteiger partial charge in [0.15, 0.2) is 0 Å². The Hall–Kier alpha value is -1.65. The van der Waals surface area contributed by atoms with Gasteiger partial charge in [-0.15, -0.1) is 0 Å². The van der Waals surface area contributed by atoms with E-state index in [0.717, 1.165) is 0 Å². The molecule has 0 aromatic carbocycles. The molecule has 5 heteroatoms. The molecule has 1 N–H and O–H groups in total. The second kappa shape index (κ2) is 3.38. The van der Waals surface area contributed by atoms with Crippen molar-refractivity contribution in [2.24, 2.45) is 0 Å². The van der Waals surface area contributed by atoms with E-state index >= 15 is 0 Å². The first-order chi connectivity index (χ1) is 6.02. The van der Waals surface area contributed by atoms with Crippen LogP contribution >= 0.6 is 0 Å². The molecule has 0 radical (unpaired) electrons. The maximum Gasteiger partial charge on any atom is 0.347 e. The van der Waals surface area contributed by atoms with Gasteiger partial charge in [-0.2, -0.15) is 0 Å². The Morgan fingerprint density at radius 3 is 2.46 bits per heavy atom. The average Bonchev–Trinajstić information content (AvgIpc) is 2.05. The standard InChI is InChI=1S/C8H10N2O3/c1-8(2,6(11)12)13-7-9-4-3-5-10-7/h3-5H,1-2H3,(H,11,12). The summed E-state index contributed by atoms with van der Waals surface area (Å²) in [6, 6.07) is 1.69. The number of ether oxygens (including phenoxy) is 1. The minimum Gasteiger partial charge on any atom is -0.478 e. The smallest absolute Gasteiger partial charge is 0.347 e. The van der Waals surface area contributed by atoms with Gasteiger partial charge in [0.1, 0.15) is 0 Å². The zero-order chi connectivity index (χ0) is 9.90. The minimum atomic E-state index is -1.30. The van der Waals surface area contributed by atoms with Gasteiger partial charge in [0.25, 0.3) is 0 Å². The lowest BCUT2D eigenvalue weighted by atomic mass is 10.1. The molecular weight excluding hydrogens is 172 g/mol. The molecule has 1 aromatic rings. The molecule has 70 valence electrons. The van der Waals surface area contributed by atoms with Crippen LogP contribution < -0.4 is 4.74 Å². The SMILES string of the molecule is CC(C)(Oc1ncccn1)C(=O)O. The average molecular weight is 182 g/mol. The molecule has 0 aliphatic heterocycles. The molecule has 0 amide bonds. The van der Waals surface area contributed by atoms with E-state index in [1.165, 1.54) is 26.2 Å². The van der Waals surface area contributed by atoms with Gasteiger partial charge >= 0.3 is 12.0 Å². The van der Waals surface area contributed by atoms with Gasteiger partial charge in [-0.05, 0) is 19.9 Å². The highest BCUT2D eigenvalue weighted by Crippen LogP contribution is 2.12. The maximum atomic E-state index is 10.6. The van der Waals surface area contributed by atoms with E-state index in [4.69, 9.17) is 9.84 Å². The van der Waals surface area contributed by atoms with E-state index in [-0.39, 0.29) is 6.01 Å². The normalized spacial score (nSPS) is 10.9. The highest BCUT2D eigenvalue weighted by molar-refractivity contribution is 5.76. The Morgan fingerprint density at radius 1 is 1.46 bits per heavy atom. The number of rotatable bonds is 3. The van der Waals surface area contributed by atoms with Crippen molar-refractivity contribution in [3.8, 4) is 6.01 Å². The zero-order valence-electron chi connectivity index (χ0n) is 7.39. The Labute approximate surface area is 75.4 Å². The van der Waals surface area contributed by atoms with Crippen LogP contribution in [-0.2, 0) is 4.79 Å². The molecular formula is C8H10N2O3. The summed E-state index contributed by atoms with van der Waals surface area (Å²) < 4.78 is 5.04. The lowest BCUT2D eigenvalue weighted by Crippen LogP contribution is -2.38. The van der Waals surface area contributed by atoms with Crippen molar-refractivity contribution in [3.05, 3.63) is 18.5 Å². The number of carboxylic acids is 1. The molecule has 13 heavy (non-hydrogen) atoms. The second-order valence-corrected chi connectivity index (χ2v) is 2.95. The summed E-state index contributed by atoms with van der Waals surface area (Å²) in [5, 5.41) is 8.72. The molecule has 1 aromatic heterocycles. The van der Waals surface area contributed by atoms with Gasteiger partial charge in [0.05, 0.1) is 0 Å².